The minimum absolute atomic E-state index is 0.0716. The van der Waals surface area contributed by atoms with Gasteiger partial charge < -0.3 is 15.0 Å². The van der Waals surface area contributed by atoms with Crippen molar-refractivity contribution in [3.8, 4) is 28.3 Å². The first-order valence-corrected chi connectivity index (χ1v) is 11.3. The first kappa shape index (κ1) is 20.0. The largest absolute Gasteiger partial charge is 0.482 e. The molecule has 4 heterocycles. The van der Waals surface area contributed by atoms with Crippen LogP contribution in [0.15, 0.2) is 36.7 Å². The van der Waals surface area contributed by atoms with Crippen molar-refractivity contribution in [3.05, 3.63) is 65.1 Å². The molecular formula is C25H25FN6O. The molecule has 33 heavy (non-hydrogen) atoms. The zero-order chi connectivity index (χ0) is 22.9. The molecule has 0 saturated carbocycles. The molecule has 0 radical (unpaired) electrons. The molecule has 7 nitrogen and oxygen atoms in total. The van der Waals surface area contributed by atoms with Gasteiger partial charge in [0.2, 0.25) is 0 Å². The minimum Gasteiger partial charge on any atom is -0.482 e. The highest BCUT2D eigenvalue weighted by molar-refractivity contribution is 5.71. The number of benzene rings is 1. The van der Waals surface area contributed by atoms with E-state index in [9.17, 15) is 4.39 Å². The van der Waals surface area contributed by atoms with Crippen LogP contribution in [0.1, 0.15) is 55.1 Å². The maximum atomic E-state index is 14.4. The highest BCUT2D eigenvalue weighted by atomic mass is 19.1. The fraction of sp³-hybridized carbons (Fsp3) is 0.320. The van der Waals surface area contributed by atoms with Gasteiger partial charge in [-0.25, -0.2) is 14.4 Å². The number of pyridine rings is 1. The molecule has 2 bridgehead atoms. The lowest BCUT2D eigenvalue weighted by Gasteiger charge is -2.25. The molecule has 2 aliphatic rings. The molecule has 168 valence electrons. The number of halogens is 1. The Morgan fingerprint density at radius 1 is 1.21 bits per heavy atom. The van der Waals surface area contributed by atoms with Gasteiger partial charge in [-0.3, -0.25) is 4.68 Å². The highest BCUT2D eigenvalue weighted by Crippen LogP contribution is 2.45. The molecule has 3 aromatic heterocycles. The molecule has 1 unspecified atom stereocenters. The summed E-state index contributed by atoms with van der Waals surface area (Å²) in [5, 5.41) is 4.93. The Morgan fingerprint density at radius 2 is 2.06 bits per heavy atom. The summed E-state index contributed by atoms with van der Waals surface area (Å²) in [4.78, 5) is 9.10. The van der Waals surface area contributed by atoms with Crippen LogP contribution in [0.4, 0.5) is 10.2 Å². The van der Waals surface area contributed by atoms with E-state index in [4.69, 9.17) is 15.6 Å². The van der Waals surface area contributed by atoms with Gasteiger partial charge in [-0.1, -0.05) is 0 Å². The van der Waals surface area contributed by atoms with Crippen molar-refractivity contribution in [2.24, 2.45) is 0 Å². The molecule has 1 aliphatic heterocycles. The maximum Gasteiger partial charge on any atom is 0.166 e. The average molecular weight is 445 g/mol. The molecule has 2 N–H and O–H groups in total. The number of nitrogen functional groups attached to an aromatic ring is 1. The number of fused-ring (bicyclic) bond motifs is 7. The molecular weight excluding hydrogens is 419 g/mol. The Kier molecular flexibility index (Phi) is 4.33. The van der Waals surface area contributed by atoms with E-state index in [1.165, 1.54) is 17.7 Å². The maximum absolute atomic E-state index is 14.4. The zero-order valence-electron chi connectivity index (χ0n) is 18.8. The van der Waals surface area contributed by atoms with E-state index in [0.717, 1.165) is 59.0 Å². The number of hydrogen-bond donors (Lipinski definition) is 1. The van der Waals surface area contributed by atoms with Gasteiger partial charge >= 0.3 is 0 Å². The second-order valence-corrected chi connectivity index (χ2v) is 8.74. The van der Waals surface area contributed by atoms with Gasteiger partial charge in [0.1, 0.15) is 17.7 Å². The summed E-state index contributed by atoms with van der Waals surface area (Å²) in [5.74, 6) is 1.38. The molecule has 1 aliphatic carbocycles. The topological polar surface area (TPSA) is 83.8 Å². The highest BCUT2D eigenvalue weighted by Gasteiger charge is 2.35. The SMILES string of the molecule is CCn1nc2c3c1-c1cnc(N)c(c1)O[C@H](C)c1cc(F)ccc1-c1cnc(C)n1C3CC2. The van der Waals surface area contributed by atoms with Crippen LogP contribution in [-0.4, -0.2) is 24.3 Å². The van der Waals surface area contributed by atoms with Gasteiger partial charge in [0.15, 0.2) is 11.6 Å². The second kappa shape index (κ2) is 7.16. The molecule has 8 heteroatoms. The van der Waals surface area contributed by atoms with E-state index in [1.54, 1.807) is 6.20 Å². The summed E-state index contributed by atoms with van der Waals surface area (Å²) in [7, 11) is 0. The first-order chi connectivity index (χ1) is 16.0. The van der Waals surface area contributed by atoms with Gasteiger partial charge in [-0.05, 0) is 57.9 Å². The molecule has 2 atom stereocenters. The lowest BCUT2D eigenvalue weighted by Crippen LogP contribution is -2.15. The monoisotopic (exact) mass is 444 g/mol. The Labute approximate surface area is 191 Å². The predicted molar refractivity (Wildman–Crippen MR) is 123 cm³/mol. The Bertz CT molecular complexity index is 1400. The van der Waals surface area contributed by atoms with E-state index in [1.807, 2.05) is 36.9 Å². The number of anilines is 1. The summed E-state index contributed by atoms with van der Waals surface area (Å²) in [6.45, 7) is 6.75. The fourth-order valence-corrected chi connectivity index (χ4v) is 5.35. The van der Waals surface area contributed by atoms with E-state index in [0.29, 0.717) is 11.6 Å². The summed E-state index contributed by atoms with van der Waals surface area (Å²) < 4.78 is 25.0. The number of imidazole rings is 1. The third-order valence-corrected chi connectivity index (χ3v) is 6.83. The molecule has 0 spiro atoms. The van der Waals surface area contributed by atoms with E-state index in [-0.39, 0.29) is 11.9 Å². The van der Waals surface area contributed by atoms with E-state index < -0.39 is 6.10 Å². The van der Waals surface area contributed by atoms with Gasteiger partial charge in [0, 0.05) is 35.0 Å². The van der Waals surface area contributed by atoms with E-state index in [2.05, 4.69) is 21.5 Å². The van der Waals surface area contributed by atoms with Crippen LogP contribution in [0.5, 0.6) is 5.75 Å². The van der Waals surface area contributed by atoms with Crippen molar-refractivity contribution < 1.29 is 9.13 Å². The average Bonchev–Trinajstić information content (AvgIpc) is 3.47. The number of aromatic nitrogens is 5. The summed E-state index contributed by atoms with van der Waals surface area (Å²) in [6, 6.07) is 6.84. The third-order valence-electron chi connectivity index (χ3n) is 6.83. The number of nitrogens with two attached hydrogens (primary N) is 1. The van der Waals surface area contributed by atoms with Crippen LogP contribution in [0, 0.1) is 12.7 Å². The Morgan fingerprint density at radius 3 is 2.88 bits per heavy atom. The Hall–Kier alpha value is -3.68. The zero-order valence-corrected chi connectivity index (χ0v) is 18.8. The molecule has 0 fully saturated rings. The summed E-state index contributed by atoms with van der Waals surface area (Å²) >= 11 is 0. The van der Waals surface area contributed by atoms with Crippen molar-refractivity contribution in [1.82, 2.24) is 24.3 Å². The van der Waals surface area contributed by atoms with Gasteiger partial charge in [-0.2, -0.15) is 5.10 Å². The second-order valence-electron chi connectivity index (χ2n) is 8.74. The van der Waals surface area contributed by atoms with Crippen LogP contribution >= 0.6 is 0 Å². The van der Waals surface area contributed by atoms with Crippen LogP contribution in [0.25, 0.3) is 22.5 Å². The third kappa shape index (κ3) is 2.90. The quantitative estimate of drug-likeness (QED) is 0.454. The van der Waals surface area contributed by atoms with Gasteiger partial charge in [0.25, 0.3) is 0 Å². The fourth-order valence-electron chi connectivity index (χ4n) is 5.35. The van der Waals surface area contributed by atoms with Crippen LogP contribution in [0.3, 0.4) is 0 Å². The van der Waals surface area contributed by atoms with E-state index >= 15 is 0 Å². The molecule has 6 rings (SSSR count). The van der Waals surface area contributed by atoms with Gasteiger partial charge in [0.05, 0.1) is 29.3 Å². The van der Waals surface area contributed by atoms with Crippen molar-refractivity contribution in [2.75, 3.05) is 5.73 Å². The smallest absolute Gasteiger partial charge is 0.166 e. The number of rotatable bonds is 1. The van der Waals surface area contributed by atoms with Gasteiger partial charge in [-0.15, -0.1) is 0 Å². The molecule has 0 amide bonds. The summed E-state index contributed by atoms with van der Waals surface area (Å²) in [5.41, 5.74) is 13.0. The van der Waals surface area contributed by atoms with Crippen LogP contribution in [-0.2, 0) is 13.0 Å². The minimum atomic E-state index is -0.451. The number of hydrogen-bond acceptors (Lipinski definition) is 5. The van der Waals surface area contributed by atoms with Crippen LogP contribution in [0.2, 0.25) is 0 Å². The number of ether oxygens (including phenoxy) is 1. The normalized spacial score (nSPS) is 18.5. The lowest BCUT2D eigenvalue weighted by atomic mass is 9.98. The van der Waals surface area contributed by atoms with Crippen molar-refractivity contribution in [2.45, 2.75) is 52.3 Å². The molecule has 4 aromatic rings. The van der Waals surface area contributed by atoms with Crippen molar-refractivity contribution in [1.29, 1.82) is 0 Å². The number of nitrogens with zero attached hydrogens (tertiary/aromatic N) is 5. The van der Waals surface area contributed by atoms with Crippen molar-refractivity contribution in [3.63, 3.8) is 0 Å². The molecule has 1 aromatic carbocycles. The predicted octanol–water partition coefficient (Wildman–Crippen LogP) is 4.85. The van der Waals surface area contributed by atoms with Crippen molar-refractivity contribution >= 4 is 5.82 Å². The standard InChI is InChI=1S/C25H25FN6O/c1-4-31-24-15-9-22(25(27)29-11-15)33-13(2)18-10-16(26)5-6-17(18)21-12-28-14(3)32(21)20-8-7-19(30-31)23(20)24/h5-6,9-13,20H,4,7-8H2,1-3H3,(H2,27,29)/t13-,20?/m1/s1. The summed E-state index contributed by atoms with van der Waals surface area (Å²) in [6.07, 6.45) is 5.02. The van der Waals surface area contributed by atoms with Crippen LogP contribution < -0.4 is 10.5 Å². The number of aryl methyl sites for hydroxylation is 3. The lowest BCUT2D eigenvalue weighted by molar-refractivity contribution is 0.227. The first-order valence-electron chi connectivity index (χ1n) is 11.3. The Balaban J connectivity index is 1.71. The molecule has 0 saturated heterocycles.